The molecule has 7 heteroatoms. The van der Waals surface area contributed by atoms with Crippen LogP contribution in [0.2, 0.25) is 5.02 Å². The Hall–Kier alpha value is -2.70. The number of nitrogens with zero attached hydrogens (tertiary/aromatic N) is 4. The van der Waals surface area contributed by atoms with E-state index in [0.717, 1.165) is 39.1 Å². The third-order valence-corrected chi connectivity index (χ3v) is 5.75. The fourth-order valence-electron chi connectivity index (χ4n) is 3.48. The Morgan fingerprint density at radius 1 is 1.21 bits per heavy atom. The molecule has 0 unspecified atom stereocenters. The van der Waals surface area contributed by atoms with E-state index in [1.165, 1.54) is 10.9 Å². The summed E-state index contributed by atoms with van der Waals surface area (Å²) in [5.41, 5.74) is 4.81. The summed E-state index contributed by atoms with van der Waals surface area (Å²) in [5.74, 6) is 1.30. The van der Waals surface area contributed by atoms with Gasteiger partial charge in [-0.3, -0.25) is 4.57 Å². The largest absolute Gasteiger partial charge is 0.335 e. The van der Waals surface area contributed by atoms with Crippen LogP contribution in [0, 0.1) is 5.92 Å². The molecule has 5 nitrogen and oxygen atoms in total. The van der Waals surface area contributed by atoms with E-state index in [2.05, 4.69) is 45.6 Å². The van der Waals surface area contributed by atoms with Crippen molar-refractivity contribution in [3.63, 3.8) is 0 Å². The lowest BCUT2D eigenvalue weighted by Gasteiger charge is -2.02. The molecule has 1 N–H and O–H groups in total. The zero-order valence-electron chi connectivity index (χ0n) is 15.5. The number of hydrogen-bond acceptors (Lipinski definition) is 4. The Kier molecular flexibility index (Phi) is 4.18. The SMILES string of the molecule is CC(C)Cc1cn(-c2nc(-c3nc4ncccc4[nH]3)cs2)c2cc(Cl)ccc12. The van der Waals surface area contributed by atoms with Gasteiger partial charge in [-0.15, -0.1) is 11.3 Å². The van der Waals surface area contributed by atoms with Crippen LogP contribution in [0.4, 0.5) is 0 Å². The number of pyridine rings is 1. The van der Waals surface area contributed by atoms with E-state index in [-0.39, 0.29) is 0 Å². The first kappa shape index (κ1) is 17.4. The highest BCUT2D eigenvalue weighted by Gasteiger charge is 2.16. The molecule has 28 heavy (non-hydrogen) atoms. The van der Waals surface area contributed by atoms with Gasteiger partial charge in [0.05, 0.1) is 11.0 Å². The number of aromatic amines is 1. The quantitative estimate of drug-likeness (QED) is 0.404. The zero-order valence-corrected chi connectivity index (χ0v) is 17.1. The van der Waals surface area contributed by atoms with E-state index in [1.807, 2.05) is 29.6 Å². The molecule has 0 aliphatic heterocycles. The van der Waals surface area contributed by atoms with E-state index in [1.54, 1.807) is 17.5 Å². The maximum absolute atomic E-state index is 6.29. The Bertz CT molecular complexity index is 1260. The molecule has 4 heterocycles. The van der Waals surface area contributed by atoms with Gasteiger partial charge in [0.25, 0.3) is 0 Å². The number of hydrogen-bond donors (Lipinski definition) is 1. The lowest BCUT2D eigenvalue weighted by molar-refractivity contribution is 0.649. The van der Waals surface area contributed by atoms with E-state index in [4.69, 9.17) is 16.6 Å². The average Bonchev–Trinajstić information content (AvgIpc) is 3.37. The van der Waals surface area contributed by atoms with Crippen LogP contribution in [0.15, 0.2) is 48.1 Å². The van der Waals surface area contributed by atoms with E-state index < -0.39 is 0 Å². The zero-order chi connectivity index (χ0) is 19.3. The molecule has 5 rings (SSSR count). The number of rotatable bonds is 4. The van der Waals surface area contributed by atoms with Crippen LogP contribution in [0.1, 0.15) is 19.4 Å². The first-order valence-corrected chi connectivity index (χ1v) is 10.4. The maximum Gasteiger partial charge on any atom is 0.194 e. The molecule has 0 fully saturated rings. The van der Waals surface area contributed by atoms with Gasteiger partial charge in [0.2, 0.25) is 0 Å². The molecule has 0 saturated heterocycles. The van der Waals surface area contributed by atoms with Crippen molar-refractivity contribution in [2.45, 2.75) is 20.3 Å². The van der Waals surface area contributed by atoms with Crippen LogP contribution >= 0.6 is 22.9 Å². The Labute approximate surface area is 171 Å². The summed E-state index contributed by atoms with van der Waals surface area (Å²) in [5, 5.41) is 4.86. The number of thiazole rings is 1. The van der Waals surface area contributed by atoms with Crippen LogP contribution in [0.3, 0.4) is 0 Å². The summed E-state index contributed by atoms with van der Waals surface area (Å²) in [6, 6.07) is 9.92. The number of halogens is 1. The fraction of sp³-hybridized carbons (Fsp3) is 0.190. The summed E-state index contributed by atoms with van der Waals surface area (Å²) < 4.78 is 2.13. The van der Waals surface area contributed by atoms with Crippen molar-refractivity contribution in [2.75, 3.05) is 0 Å². The summed E-state index contributed by atoms with van der Waals surface area (Å²) in [6.07, 6.45) is 4.94. The van der Waals surface area contributed by atoms with Gasteiger partial charge in [-0.1, -0.05) is 31.5 Å². The topological polar surface area (TPSA) is 59.4 Å². The monoisotopic (exact) mass is 407 g/mol. The van der Waals surface area contributed by atoms with Gasteiger partial charge >= 0.3 is 0 Å². The normalized spacial score (nSPS) is 11.9. The second-order valence-corrected chi connectivity index (χ2v) is 8.53. The van der Waals surface area contributed by atoms with Crippen molar-refractivity contribution in [1.29, 1.82) is 0 Å². The molecule has 140 valence electrons. The molecule has 0 spiro atoms. The van der Waals surface area contributed by atoms with Gasteiger partial charge in [0, 0.05) is 28.2 Å². The van der Waals surface area contributed by atoms with Crippen molar-refractivity contribution in [3.05, 3.63) is 58.7 Å². The molecule has 5 aromatic rings. The predicted octanol–water partition coefficient (Wildman–Crippen LogP) is 5.88. The van der Waals surface area contributed by atoms with Gasteiger partial charge in [-0.25, -0.2) is 15.0 Å². The lowest BCUT2D eigenvalue weighted by atomic mass is 10.0. The van der Waals surface area contributed by atoms with E-state index >= 15 is 0 Å². The predicted molar refractivity (Wildman–Crippen MR) is 115 cm³/mol. The van der Waals surface area contributed by atoms with Gasteiger partial charge in [0.1, 0.15) is 5.69 Å². The second-order valence-electron chi connectivity index (χ2n) is 7.26. The molecule has 0 aliphatic rings. The molecular formula is C21H18ClN5S. The van der Waals surface area contributed by atoms with E-state index in [9.17, 15) is 0 Å². The number of nitrogens with one attached hydrogen (secondary N) is 1. The first-order chi connectivity index (χ1) is 13.6. The number of aromatic nitrogens is 5. The molecule has 1 aromatic carbocycles. The molecule has 0 saturated carbocycles. The molecule has 0 amide bonds. The Morgan fingerprint density at radius 3 is 2.93 bits per heavy atom. The minimum Gasteiger partial charge on any atom is -0.335 e. The Morgan fingerprint density at radius 2 is 2.11 bits per heavy atom. The molecule has 0 radical (unpaired) electrons. The van der Waals surface area contributed by atoms with E-state index in [0.29, 0.717) is 11.6 Å². The molecule has 0 bridgehead atoms. The molecule has 0 atom stereocenters. The van der Waals surface area contributed by atoms with Gasteiger partial charge in [-0.2, -0.15) is 0 Å². The third kappa shape index (κ3) is 2.99. The van der Waals surface area contributed by atoms with Crippen LogP contribution in [0.5, 0.6) is 0 Å². The number of imidazole rings is 1. The van der Waals surface area contributed by atoms with Crippen LogP contribution in [0.25, 0.3) is 38.7 Å². The third-order valence-electron chi connectivity index (χ3n) is 4.68. The highest BCUT2D eigenvalue weighted by Crippen LogP contribution is 2.31. The smallest absolute Gasteiger partial charge is 0.194 e. The summed E-state index contributed by atoms with van der Waals surface area (Å²) in [6.45, 7) is 4.46. The highest BCUT2D eigenvalue weighted by molar-refractivity contribution is 7.12. The van der Waals surface area contributed by atoms with Crippen LogP contribution < -0.4 is 0 Å². The van der Waals surface area contributed by atoms with Gasteiger partial charge in [0.15, 0.2) is 16.6 Å². The van der Waals surface area contributed by atoms with Gasteiger partial charge in [-0.05, 0) is 42.2 Å². The van der Waals surface area contributed by atoms with Crippen molar-refractivity contribution < 1.29 is 0 Å². The maximum atomic E-state index is 6.29. The summed E-state index contributed by atoms with van der Waals surface area (Å²) >= 11 is 7.88. The first-order valence-electron chi connectivity index (χ1n) is 9.15. The molecule has 0 aliphatic carbocycles. The van der Waals surface area contributed by atoms with Crippen LogP contribution in [-0.4, -0.2) is 24.5 Å². The lowest BCUT2D eigenvalue weighted by Crippen LogP contribution is -1.93. The minimum atomic E-state index is 0.574. The minimum absolute atomic E-state index is 0.574. The fourth-order valence-corrected chi connectivity index (χ4v) is 4.44. The second kappa shape index (κ2) is 6.72. The molecule has 4 aromatic heterocycles. The number of fused-ring (bicyclic) bond motifs is 2. The molecular weight excluding hydrogens is 390 g/mol. The standard InChI is InChI=1S/C21H18ClN5S/c1-12(2)8-13-10-27(18-9-14(22)5-6-15(13)18)21-25-17(11-28-21)20-24-16-4-3-7-23-19(16)26-20/h3-7,9-12H,8H2,1-2H3,(H,23,24,26). The number of benzene rings is 1. The summed E-state index contributed by atoms with van der Waals surface area (Å²) in [4.78, 5) is 17.0. The summed E-state index contributed by atoms with van der Waals surface area (Å²) in [7, 11) is 0. The van der Waals surface area contributed by atoms with Crippen molar-refractivity contribution >= 4 is 45.0 Å². The van der Waals surface area contributed by atoms with Crippen molar-refractivity contribution in [1.82, 2.24) is 24.5 Å². The highest BCUT2D eigenvalue weighted by atomic mass is 35.5. The van der Waals surface area contributed by atoms with Gasteiger partial charge < -0.3 is 4.98 Å². The van der Waals surface area contributed by atoms with Crippen molar-refractivity contribution in [3.8, 4) is 16.6 Å². The Balaban J connectivity index is 1.62. The average molecular weight is 408 g/mol. The van der Waals surface area contributed by atoms with Crippen molar-refractivity contribution in [2.24, 2.45) is 5.92 Å². The van der Waals surface area contributed by atoms with Crippen LogP contribution in [-0.2, 0) is 6.42 Å². The number of H-pyrrole nitrogens is 1.